The number of imidazole rings is 1. The predicted molar refractivity (Wildman–Crippen MR) is 98.6 cm³/mol. The van der Waals surface area contributed by atoms with Gasteiger partial charge in [0, 0.05) is 12.5 Å². The molecule has 2 aromatic heterocycles. The van der Waals surface area contributed by atoms with Crippen LogP contribution >= 0.6 is 0 Å². The number of hydrogen-bond acceptors (Lipinski definition) is 4. The molecule has 0 radical (unpaired) electrons. The Kier molecular flexibility index (Phi) is 4.22. The zero-order valence-electron chi connectivity index (χ0n) is 15.4. The highest BCUT2D eigenvalue weighted by atomic mass is 16.2. The monoisotopic (exact) mass is 352 g/mol. The van der Waals surface area contributed by atoms with Crippen molar-refractivity contribution in [2.24, 2.45) is 0 Å². The Hall–Kier alpha value is -2.70. The van der Waals surface area contributed by atoms with Crippen LogP contribution in [0.2, 0.25) is 0 Å². The fourth-order valence-corrected chi connectivity index (χ4v) is 3.77. The van der Waals surface area contributed by atoms with Gasteiger partial charge in [0.15, 0.2) is 5.82 Å². The highest BCUT2D eigenvalue weighted by Crippen LogP contribution is 2.30. The maximum absolute atomic E-state index is 13.1. The van der Waals surface area contributed by atoms with Crippen LogP contribution in [0.15, 0.2) is 24.3 Å². The first kappa shape index (κ1) is 16.8. The molecule has 0 aliphatic carbocycles. The number of aryl methyl sites for hydroxylation is 1. The first-order valence-electron chi connectivity index (χ1n) is 9.18. The van der Waals surface area contributed by atoms with Gasteiger partial charge in [0.2, 0.25) is 5.91 Å². The van der Waals surface area contributed by atoms with Gasteiger partial charge in [0.25, 0.3) is 0 Å². The Bertz CT molecular complexity index is 941. The number of amides is 1. The molecular weight excluding hydrogens is 328 g/mol. The molecule has 136 valence electrons. The summed E-state index contributed by atoms with van der Waals surface area (Å²) in [4.78, 5) is 24.2. The van der Waals surface area contributed by atoms with Crippen LogP contribution in [0.5, 0.6) is 0 Å². The van der Waals surface area contributed by atoms with Crippen molar-refractivity contribution in [3.63, 3.8) is 0 Å². The largest absolute Gasteiger partial charge is 0.331 e. The molecule has 1 fully saturated rings. The number of H-pyrrole nitrogens is 1. The highest BCUT2D eigenvalue weighted by molar-refractivity contribution is 5.81. The number of hydrogen-bond donors (Lipinski definition) is 1. The summed E-state index contributed by atoms with van der Waals surface area (Å²) in [7, 11) is 0. The summed E-state index contributed by atoms with van der Waals surface area (Å²) in [6.07, 6.45) is 1.89. The summed E-state index contributed by atoms with van der Waals surface area (Å²) >= 11 is 0. The first-order chi connectivity index (χ1) is 12.5. The summed E-state index contributed by atoms with van der Waals surface area (Å²) in [5.41, 5.74) is 1.95. The fourth-order valence-electron chi connectivity index (χ4n) is 3.77. The van der Waals surface area contributed by atoms with E-state index in [9.17, 15) is 4.79 Å². The van der Waals surface area contributed by atoms with Gasteiger partial charge >= 0.3 is 0 Å². The molecular formula is C19H24N6O. The van der Waals surface area contributed by atoms with Gasteiger partial charge in [0.1, 0.15) is 18.2 Å². The van der Waals surface area contributed by atoms with Crippen LogP contribution in [-0.2, 0) is 11.3 Å². The van der Waals surface area contributed by atoms with Crippen molar-refractivity contribution in [3.05, 3.63) is 41.7 Å². The topological polar surface area (TPSA) is 79.7 Å². The number of aromatic nitrogens is 5. The summed E-state index contributed by atoms with van der Waals surface area (Å²) < 4.78 is 2.06. The third-order valence-corrected chi connectivity index (χ3v) is 4.98. The molecule has 3 aromatic rings. The quantitative estimate of drug-likeness (QED) is 0.783. The van der Waals surface area contributed by atoms with Gasteiger partial charge in [0.05, 0.1) is 17.1 Å². The number of carbonyl (C=O) groups excluding carboxylic acids is 1. The second kappa shape index (κ2) is 6.55. The highest BCUT2D eigenvalue weighted by Gasteiger charge is 2.33. The maximum Gasteiger partial charge on any atom is 0.243 e. The zero-order chi connectivity index (χ0) is 18.3. The summed E-state index contributed by atoms with van der Waals surface area (Å²) in [6.45, 7) is 7.15. The van der Waals surface area contributed by atoms with Crippen molar-refractivity contribution in [2.45, 2.75) is 52.1 Å². The van der Waals surface area contributed by atoms with Crippen LogP contribution in [0.3, 0.4) is 0 Å². The van der Waals surface area contributed by atoms with Gasteiger partial charge in [-0.1, -0.05) is 26.0 Å². The molecule has 1 aliphatic rings. The Labute approximate surface area is 152 Å². The number of benzene rings is 1. The number of nitrogens with zero attached hydrogens (tertiary/aromatic N) is 5. The zero-order valence-corrected chi connectivity index (χ0v) is 15.4. The van der Waals surface area contributed by atoms with E-state index < -0.39 is 0 Å². The summed E-state index contributed by atoms with van der Waals surface area (Å²) in [5.74, 6) is 2.79. The van der Waals surface area contributed by atoms with Crippen LogP contribution in [0.4, 0.5) is 0 Å². The molecule has 4 rings (SSSR count). The minimum atomic E-state index is -0.0373. The molecule has 1 saturated heterocycles. The third kappa shape index (κ3) is 2.87. The fraction of sp³-hybridized carbons (Fsp3) is 0.474. The lowest BCUT2D eigenvalue weighted by Crippen LogP contribution is -2.34. The second-order valence-corrected chi connectivity index (χ2v) is 7.22. The van der Waals surface area contributed by atoms with Gasteiger partial charge in [-0.05, 0) is 31.9 Å². The second-order valence-electron chi connectivity index (χ2n) is 7.22. The number of rotatable bonds is 4. The van der Waals surface area contributed by atoms with Crippen molar-refractivity contribution in [3.8, 4) is 0 Å². The Morgan fingerprint density at radius 1 is 1.31 bits per heavy atom. The standard InChI is InChI=1S/C19H24N6O/c1-12(2)19-21-14-7-4-5-8-15(14)25(19)11-17(26)24-10-6-9-16(24)18-20-13(3)22-23-18/h4-5,7-8,12,16H,6,9-11H2,1-3H3,(H,20,22,23)/t16-/m1/s1. The molecule has 1 atom stereocenters. The molecule has 7 nitrogen and oxygen atoms in total. The average Bonchev–Trinajstić information content (AvgIpc) is 3.33. The lowest BCUT2D eigenvalue weighted by molar-refractivity contribution is -0.132. The van der Waals surface area contributed by atoms with Gasteiger partial charge in [-0.15, -0.1) is 0 Å². The van der Waals surface area contributed by atoms with Crippen LogP contribution in [0.1, 0.15) is 56.1 Å². The number of para-hydroxylation sites is 2. The van der Waals surface area contributed by atoms with E-state index in [4.69, 9.17) is 4.98 Å². The molecule has 1 N–H and O–H groups in total. The summed E-state index contributed by atoms with van der Waals surface area (Å²) in [6, 6.07) is 7.96. The lowest BCUT2D eigenvalue weighted by Gasteiger charge is -2.23. The molecule has 3 heterocycles. The van der Waals surface area contributed by atoms with Gasteiger partial charge in [-0.3, -0.25) is 9.89 Å². The maximum atomic E-state index is 13.1. The Morgan fingerprint density at radius 3 is 2.85 bits per heavy atom. The minimum Gasteiger partial charge on any atom is -0.331 e. The Balaban J connectivity index is 1.64. The lowest BCUT2D eigenvalue weighted by atomic mass is 10.2. The number of likely N-dealkylation sites (tertiary alicyclic amines) is 1. The molecule has 1 amide bonds. The molecule has 26 heavy (non-hydrogen) atoms. The van der Waals surface area contributed by atoms with Crippen molar-refractivity contribution in [2.75, 3.05) is 6.54 Å². The molecule has 0 unspecified atom stereocenters. The molecule has 0 bridgehead atoms. The first-order valence-corrected chi connectivity index (χ1v) is 9.18. The smallest absolute Gasteiger partial charge is 0.243 e. The molecule has 0 spiro atoms. The van der Waals surface area contributed by atoms with Crippen molar-refractivity contribution < 1.29 is 4.79 Å². The van der Waals surface area contributed by atoms with Crippen LogP contribution < -0.4 is 0 Å². The van der Waals surface area contributed by atoms with Crippen LogP contribution in [0.25, 0.3) is 11.0 Å². The number of carbonyl (C=O) groups is 1. The van der Waals surface area contributed by atoms with Gasteiger partial charge < -0.3 is 9.47 Å². The predicted octanol–water partition coefficient (Wildman–Crippen LogP) is 2.95. The number of nitrogens with one attached hydrogen (secondary N) is 1. The van der Waals surface area contributed by atoms with Crippen molar-refractivity contribution in [1.29, 1.82) is 0 Å². The van der Waals surface area contributed by atoms with E-state index in [1.165, 1.54) is 0 Å². The van der Waals surface area contributed by atoms with Crippen LogP contribution in [-0.4, -0.2) is 42.1 Å². The molecule has 0 saturated carbocycles. The minimum absolute atomic E-state index is 0.0373. The molecule has 1 aliphatic heterocycles. The van der Waals surface area contributed by atoms with E-state index in [1.54, 1.807) is 0 Å². The molecule has 7 heteroatoms. The van der Waals surface area contributed by atoms with E-state index in [-0.39, 0.29) is 17.9 Å². The van der Waals surface area contributed by atoms with Gasteiger partial charge in [-0.2, -0.15) is 5.10 Å². The average molecular weight is 352 g/mol. The van der Waals surface area contributed by atoms with Crippen LogP contribution in [0, 0.1) is 6.92 Å². The third-order valence-electron chi connectivity index (χ3n) is 4.98. The summed E-state index contributed by atoms with van der Waals surface area (Å²) in [5, 5.41) is 7.16. The SMILES string of the molecule is Cc1nc([C@H]2CCCN2C(=O)Cn2c(C(C)C)nc3ccccc32)n[nH]1. The van der Waals surface area contributed by atoms with E-state index in [0.29, 0.717) is 12.4 Å². The number of aromatic amines is 1. The molecule has 1 aromatic carbocycles. The van der Waals surface area contributed by atoms with Crippen molar-refractivity contribution in [1.82, 2.24) is 29.6 Å². The Morgan fingerprint density at radius 2 is 2.12 bits per heavy atom. The van der Waals surface area contributed by atoms with E-state index >= 15 is 0 Å². The van der Waals surface area contributed by atoms with E-state index in [0.717, 1.165) is 42.1 Å². The van der Waals surface area contributed by atoms with E-state index in [2.05, 4.69) is 33.6 Å². The normalized spacial score (nSPS) is 17.5. The number of fused-ring (bicyclic) bond motifs is 1. The van der Waals surface area contributed by atoms with Crippen molar-refractivity contribution >= 4 is 16.9 Å². The van der Waals surface area contributed by atoms with E-state index in [1.807, 2.05) is 36.1 Å². The van der Waals surface area contributed by atoms with Gasteiger partial charge in [-0.25, -0.2) is 9.97 Å².